The molecule has 0 aromatic heterocycles. The van der Waals surface area contributed by atoms with Crippen LogP contribution in [0.25, 0.3) is 10.4 Å². The van der Waals surface area contributed by atoms with Crippen LogP contribution in [0.3, 0.4) is 0 Å². The summed E-state index contributed by atoms with van der Waals surface area (Å²) in [6.45, 7) is 1.46. The normalized spacial score (nSPS) is 29.6. The minimum Gasteiger partial charge on any atom is -0.466 e. The summed E-state index contributed by atoms with van der Waals surface area (Å²) in [5.41, 5.74) is 8.95. The summed E-state index contributed by atoms with van der Waals surface area (Å²) in [6.07, 6.45) is 2.04. The number of amides is 1. The molecule has 17 heavy (non-hydrogen) atoms. The zero-order chi connectivity index (χ0) is 12.6. The van der Waals surface area contributed by atoms with Crippen LogP contribution in [0.4, 0.5) is 0 Å². The highest BCUT2D eigenvalue weighted by Gasteiger charge is 2.55. The van der Waals surface area contributed by atoms with Gasteiger partial charge in [-0.3, -0.25) is 4.79 Å². The van der Waals surface area contributed by atoms with Crippen molar-refractivity contribution in [1.29, 1.82) is 0 Å². The fraction of sp³-hybridized carbons (Fsp3) is 0.600. The SMILES string of the molecule is COC(=O)C1=C[C@H]2C([C@@H](N=[N+]=[N-])C1)N2C(C)=O. The molecule has 0 spiro atoms. The minimum absolute atomic E-state index is 0.0829. The Bertz CT molecular complexity index is 452. The van der Waals surface area contributed by atoms with E-state index in [0.717, 1.165) is 0 Å². The van der Waals surface area contributed by atoms with Crippen LogP contribution in [0.1, 0.15) is 13.3 Å². The van der Waals surface area contributed by atoms with Crippen molar-refractivity contribution in [2.45, 2.75) is 31.5 Å². The molecule has 0 radical (unpaired) electrons. The Morgan fingerprint density at radius 3 is 2.88 bits per heavy atom. The Balaban J connectivity index is 2.25. The first kappa shape index (κ1) is 11.5. The number of nitrogens with zero attached hydrogens (tertiary/aromatic N) is 4. The smallest absolute Gasteiger partial charge is 0.333 e. The second-order valence-electron chi connectivity index (χ2n) is 4.07. The number of azide groups is 1. The third kappa shape index (κ3) is 1.85. The van der Waals surface area contributed by atoms with Crippen LogP contribution in [-0.4, -0.2) is 42.0 Å². The summed E-state index contributed by atoms with van der Waals surface area (Å²) < 4.78 is 4.63. The van der Waals surface area contributed by atoms with E-state index in [1.165, 1.54) is 14.0 Å². The van der Waals surface area contributed by atoms with E-state index < -0.39 is 5.97 Å². The molecular formula is C10H12N4O3. The number of carbonyl (C=O) groups is 2. The molecule has 1 heterocycles. The Labute approximate surface area is 97.7 Å². The molecule has 1 fully saturated rings. The molecule has 2 aliphatic rings. The molecule has 0 aromatic carbocycles. The first-order valence-corrected chi connectivity index (χ1v) is 5.22. The first-order chi connectivity index (χ1) is 8.10. The van der Waals surface area contributed by atoms with E-state index in [1.807, 2.05) is 0 Å². The van der Waals surface area contributed by atoms with Gasteiger partial charge in [0, 0.05) is 17.4 Å². The van der Waals surface area contributed by atoms with Gasteiger partial charge in [0.15, 0.2) is 0 Å². The number of ether oxygens (including phenoxy) is 1. The van der Waals surface area contributed by atoms with Gasteiger partial charge in [-0.25, -0.2) is 4.79 Å². The van der Waals surface area contributed by atoms with Crippen molar-refractivity contribution in [3.63, 3.8) is 0 Å². The summed E-state index contributed by atoms with van der Waals surface area (Å²) in [6, 6.07) is -0.615. The molecule has 0 saturated carbocycles. The third-order valence-corrected chi connectivity index (χ3v) is 3.11. The van der Waals surface area contributed by atoms with Crippen molar-refractivity contribution in [2.24, 2.45) is 5.11 Å². The third-order valence-electron chi connectivity index (χ3n) is 3.11. The van der Waals surface area contributed by atoms with E-state index >= 15 is 0 Å². The topological polar surface area (TPSA) is 95.1 Å². The number of rotatable bonds is 2. The van der Waals surface area contributed by atoms with Crippen molar-refractivity contribution in [1.82, 2.24) is 4.90 Å². The van der Waals surface area contributed by atoms with E-state index in [0.29, 0.717) is 12.0 Å². The van der Waals surface area contributed by atoms with Crippen LogP contribution >= 0.6 is 0 Å². The summed E-state index contributed by atoms with van der Waals surface area (Å²) >= 11 is 0. The average Bonchev–Trinajstić information content (AvgIpc) is 3.02. The summed E-state index contributed by atoms with van der Waals surface area (Å²) in [4.78, 5) is 27.1. The van der Waals surface area contributed by atoms with Gasteiger partial charge in [0.05, 0.1) is 25.2 Å². The van der Waals surface area contributed by atoms with Crippen LogP contribution in [-0.2, 0) is 14.3 Å². The molecule has 2 rings (SSSR count). The number of hydrogen-bond donors (Lipinski definition) is 0. The Morgan fingerprint density at radius 1 is 1.65 bits per heavy atom. The maximum Gasteiger partial charge on any atom is 0.333 e. The van der Waals surface area contributed by atoms with Crippen LogP contribution in [0.2, 0.25) is 0 Å². The van der Waals surface area contributed by atoms with Crippen LogP contribution in [0, 0.1) is 0 Å². The second kappa shape index (κ2) is 4.10. The maximum absolute atomic E-state index is 11.4. The van der Waals surface area contributed by atoms with Gasteiger partial charge in [-0.05, 0) is 18.0 Å². The van der Waals surface area contributed by atoms with E-state index in [9.17, 15) is 9.59 Å². The van der Waals surface area contributed by atoms with Crippen molar-refractivity contribution < 1.29 is 14.3 Å². The molecule has 7 heteroatoms. The molecule has 3 atom stereocenters. The molecule has 1 saturated heterocycles. The van der Waals surface area contributed by atoms with Gasteiger partial charge in [-0.2, -0.15) is 0 Å². The molecule has 90 valence electrons. The van der Waals surface area contributed by atoms with Crippen molar-refractivity contribution in [3.05, 3.63) is 22.1 Å². The summed E-state index contributed by atoms with van der Waals surface area (Å²) in [7, 11) is 1.30. The van der Waals surface area contributed by atoms with Crippen LogP contribution in [0.15, 0.2) is 16.8 Å². The van der Waals surface area contributed by atoms with Crippen LogP contribution < -0.4 is 0 Å². The molecule has 0 aromatic rings. The van der Waals surface area contributed by atoms with Crippen LogP contribution in [0.5, 0.6) is 0 Å². The van der Waals surface area contributed by atoms with Crippen molar-refractivity contribution >= 4 is 11.9 Å². The maximum atomic E-state index is 11.4. The number of carbonyl (C=O) groups excluding carboxylic acids is 2. The van der Waals surface area contributed by atoms with Gasteiger partial charge in [0.25, 0.3) is 0 Å². The van der Waals surface area contributed by atoms with E-state index in [-0.39, 0.29) is 24.0 Å². The van der Waals surface area contributed by atoms with Crippen molar-refractivity contribution in [2.75, 3.05) is 7.11 Å². The number of methoxy groups -OCH3 is 1. The Hall–Kier alpha value is -2.01. The van der Waals surface area contributed by atoms with Gasteiger partial charge >= 0.3 is 5.97 Å². The quantitative estimate of drug-likeness (QED) is 0.233. The van der Waals surface area contributed by atoms with Gasteiger partial charge in [-0.1, -0.05) is 5.11 Å². The number of fused-ring (bicyclic) bond motifs is 1. The lowest BCUT2D eigenvalue weighted by Crippen LogP contribution is -2.24. The molecule has 1 aliphatic heterocycles. The zero-order valence-electron chi connectivity index (χ0n) is 9.53. The molecule has 0 N–H and O–H groups in total. The molecule has 7 nitrogen and oxygen atoms in total. The lowest BCUT2D eigenvalue weighted by atomic mass is 9.95. The molecule has 1 aliphatic carbocycles. The summed E-state index contributed by atoms with van der Waals surface area (Å²) in [5.74, 6) is -0.516. The second-order valence-corrected chi connectivity index (χ2v) is 4.07. The Kier molecular flexibility index (Phi) is 2.77. The monoisotopic (exact) mass is 236 g/mol. The van der Waals surface area contributed by atoms with E-state index in [4.69, 9.17) is 5.53 Å². The predicted octanol–water partition coefficient (Wildman–Crippen LogP) is 0.768. The number of esters is 1. The molecule has 1 amide bonds. The predicted molar refractivity (Wildman–Crippen MR) is 57.7 cm³/mol. The van der Waals surface area contributed by atoms with E-state index in [2.05, 4.69) is 14.8 Å². The molecular weight excluding hydrogens is 224 g/mol. The fourth-order valence-corrected chi connectivity index (χ4v) is 2.36. The number of hydrogen-bond acceptors (Lipinski definition) is 4. The molecule has 1 unspecified atom stereocenters. The highest BCUT2D eigenvalue weighted by molar-refractivity contribution is 5.90. The zero-order valence-corrected chi connectivity index (χ0v) is 9.53. The lowest BCUT2D eigenvalue weighted by molar-refractivity contribution is -0.136. The standard InChI is InChI=1S/C10H12N4O3/c1-5(15)14-8-4-6(10(16)17-2)3-7(9(8)14)12-13-11/h4,7-9H,3H2,1-2H3/t7-,8-,9?,14?/m0/s1. The van der Waals surface area contributed by atoms with Gasteiger partial charge in [0.1, 0.15) is 0 Å². The highest BCUT2D eigenvalue weighted by Crippen LogP contribution is 2.41. The van der Waals surface area contributed by atoms with E-state index in [1.54, 1.807) is 11.0 Å². The highest BCUT2D eigenvalue weighted by atomic mass is 16.5. The van der Waals surface area contributed by atoms with Gasteiger partial charge in [0.2, 0.25) is 5.91 Å². The van der Waals surface area contributed by atoms with Gasteiger partial charge in [-0.15, -0.1) is 0 Å². The van der Waals surface area contributed by atoms with Crippen molar-refractivity contribution in [3.8, 4) is 0 Å². The minimum atomic E-state index is -0.433. The average molecular weight is 236 g/mol. The van der Waals surface area contributed by atoms with Gasteiger partial charge < -0.3 is 9.64 Å². The Morgan fingerprint density at radius 2 is 2.35 bits per heavy atom. The summed E-state index contributed by atoms with van der Waals surface area (Å²) in [5, 5.41) is 3.64. The largest absolute Gasteiger partial charge is 0.466 e. The first-order valence-electron chi connectivity index (χ1n) is 5.22. The fourth-order valence-electron chi connectivity index (χ4n) is 2.36. The lowest BCUT2D eigenvalue weighted by Gasteiger charge is -2.14. The molecule has 0 bridgehead atoms.